The van der Waals surface area contributed by atoms with Crippen LogP contribution in [0, 0.1) is 0 Å². The molecule has 0 atom stereocenters. The molecule has 0 aromatic heterocycles. The van der Waals surface area contributed by atoms with Crippen LogP contribution in [-0.2, 0) is 19.1 Å². The number of hydrogen-bond donors (Lipinski definition) is 1. The molecule has 0 unspecified atom stereocenters. The SMILES string of the molecule is C=CCOC(=O)C1=CC(=O)NC1=O. The van der Waals surface area contributed by atoms with E-state index in [0.717, 1.165) is 6.08 Å². The van der Waals surface area contributed by atoms with Crippen LogP contribution in [-0.4, -0.2) is 24.4 Å². The van der Waals surface area contributed by atoms with Crippen molar-refractivity contribution < 1.29 is 19.1 Å². The minimum Gasteiger partial charge on any atom is -0.458 e. The molecule has 1 aliphatic rings. The average molecular weight is 181 g/mol. The third kappa shape index (κ3) is 2.02. The lowest BCUT2D eigenvalue weighted by molar-refractivity contribution is -0.139. The van der Waals surface area contributed by atoms with Crippen LogP contribution in [0.5, 0.6) is 0 Å². The van der Waals surface area contributed by atoms with Crippen LogP contribution in [0.2, 0.25) is 0 Å². The van der Waals surface area contributed by atoms with Crippen molar-refractivity contribution in [1.29, 1.82) is 0 Å². The lowest BCUT2D eigenvalue weighted by atomic mass is 10.3. The Morgan fingerprint density at radius 1 is 1.62 bits per heavy atom. The van der Waals surface area contributed by atoms with Gasteiger partial charge in [0.1, 0.15) is 12.2 Å². The first-order valence-corrected chi connectivity index (χ1v) is 3.50. The van der Waals surface area contributed by atoms with E-state index in [-0.39, 0.29) is 12.2 Å². The molecule has 0 aromatic rings. The topological polar surface area (TPSA) is 72.5 Å². The molecule has 0 radical (unpaired) electrons. The minimum absolute atomic E-state index is 0.0116. The van der Waals surface area contributed by atoms with E-state index < -0.39 is 17.8 Å². The smallest absolute Gasteiger partial charge is 0.344 e. The highest BCUT2D eigenvalue weighted by Gasteiger charge is 2.27. The van der Waals surface area contributed by atoms with E-state index in [4.69, 9.17) is 0 Å². The molecule has 0 saturated heterocycles. The molecule has 1 aliphatic heterocycles. The normalized spacial score (nSPS) is 14.9. The molecule has 1 N–H and O–H groups in total. The predicted octanol–water partition coefficient (Wildman–Crippen LogP) is -0.702. The predicted molar refractivity (Wildman–Crippen MR) is 42.4 cm³/mol. The van der Waals surface area contributed by atoms with Crippen LogP contribution in [0.3, 0.4) is 0 Å². The first kappa shape index (κ1) is 9.18. The molecular weight excluding hydrogens is 174 g/mol. The van der Waals surface area contributed by atoms with E-state index in [1.54, 1.807) is 0 Å². The van der Waals surface area contributed by atoms with Crippen molar-refractivity contribution in [1.82, 2.24) is 5.32 Å². The summed E-state index contributed by atoms with van der Waals surface area (Å²) in [5.74, 6) is -2.14. The fourth-order valence-corrected chi connectivity index (χ4v) is 0.776. The van der Waals surface area contributed by atoms with Crippen LogP contribution in [0.15, 0.2) is 24.3 Å². The zero-order valence-electron chi connectivity index (χ0n) is 6.70. The van der Waals surface area contributed by atoms with E-state index in [1.165, 1.54) is 6.08 Å². The second-order valence-electron chi connectivity index (χ2n) is 2.26. The van der Waals surface area contributed by atoms with Gasteiger partial charge in [-0.1, -0.05) is 12.7 Å². The van der Waals surface area contributed by atoms with Crippen molar-refractivity contribution in [3.63, 3.8) is 0 Å². The minimum atomic E-state index is -0.816. The number of carbonyl (C=O) groups is 3. The first-order valence-electron chi connectivity index (χ1n) is 3.50. The lowest BCUT2D eigenvalue weighted by Gasteiger charge is -1.99. The van der Waals surface area contributed by atoms with Crippen molar-refractivity contribution in [3.05, 3.63) is 24.3 Å². The molecule has 2 amide bonds. The zero-order valence-corrected chi connectivity index (χ0v) is 6.70. The summed E-state index contributed by atoms with van der Waals surface area (Å²) in [6.45, 7) is 3.34. The molecule has 0 bridgehead atoms. The Kier molecular flexibility index (Phi) is 2.59. The molecule has 0 saturated carbocycles. The van der Waals surface area contributed by atoms with Crippen LogP contribution in [0.4, 0.5) is 0 Å². The molecule has 0 fully saturated rings. The van der Waals surface area contributed by atoms with Gasteiger partial charge in [0.25, 0.3) is 11.8 Å². The van der Waals surface area contributed by atoms with Crippen molar-refractivity contribution in [2.75, 3.05) is 6.61 Å². The van der Waals surface area contributed by atoms with E-state index in [0.29, 0.717) is 0 Å². The van der Waals surface area contributed by atoms with Gasteiger partial charge in [0.15, 0.2) is 0 Å². The van der Waals surface area contributed by atoms with Crippen molar-refractivity contribution in [2.24, 2.45) is 0 Å². The second kappa shape index (κ2) is 3.66. The molecule has 1 rings (SSSR count). The number of hydrogen-bond acceptors (Lipinski definition) is 4. The summed E-state index contributed by atoms with van der Waals surface area (Å²) in [4.78, 5) is 32.5. The van der Waals surface area contributed by atoms with Crippen molar-refractivity contribution in [3.8, 4) is 0 Å². The van der Waals surface area contributed by atoms with Crippen LogP contribution < -0.4 is 5.32 Å². The monoisotopic (exact) mass is 181 g/mol. The summed E-state index contributed by atoms with van der Waals surface area (Å²) < 4.78 is 4.56. The van der Waals surface area contributed by atoms with Gasteiger partial charge < -0.3 is 4.74 Å². The fraction of sp³-hybridized carbons (Fsp3) is 0.125. The molecule has 5 heteroatoms. The Hall–Kier alpha value is -1.91. The molecule has 13 heavy (non-hydrogen) atoms. The molecule has 68 valence electrons. The molecule has 5 nitrogen and oxygen atoms in total. The number of ether oxygens (including phenoxy) is 1. The third-order valence-corrected chi connectivity index (χ3v) is 1.31. The summed E-state index contributed by atoms with van der Waals surface area (Å²) in [6, 6.07) is 0. The number of esters is 1. The molecular formula is C8H7NO4. The average Bonchev–Trinajstić information content (AvgIpc) is 2.41. The van der Waals surface area contributed by atoms with Crippen LogP contribution in [0.1, 0.15) is 0 Å². The van der Waals surface area contributed by atoms with E-state index >= 15 is 0 Å². The maximum Gasteiger partial charge on any atom is 0.344 e. The van der Waals surface area contributed by atoms with Gasteiger partial charge in [-0.2, -0.15) is 0 Å². The highest BCUT2D eigenvalue weighted by molar-refractivity contribution is 6.28. The van der Waals surface area contributed by atoms with Gasteiger partial charge in [0, 0.05) is 6.08 Å². The molecule has 0 aromatic carbocycles. The molecule has 0 aliphatic carbocycles. The zero-order chi connectivity index (χ0) is 9.84. The number of imide groups is 1. The van der Waals surface area contributed by atoms with Gasteiger partial charge in [-0.25, -0.2) is 4.79 Å². The summed E-state index contributed by atoms with van der Waals surface area (Å²) in [6.07, 6.45) is 2.28. The quantitative estimate of drug-likeness (QED) is 0.270. The van der Waals surface area contributed by atoms with Gasteiger partial charge in [0.2, 0.25) is 0 Å². The van der Waals surface area contributed by atoms with Crippen LogP contribution >= 0.6 is 0 Å². The van der Waals surface area contributed by atoms with E-state index in [1.807, 2.05) is 5.32 Å². The first-order chi connectivity index (χ1) is 6.15. The van der Waals surface area contributed by atoms with E-state index in [9.17, 15) is 14.4 Å². The van der Waals surface area contributed by atoms with Gasteiger partial charge in [-0.3, -0.25) is 14.9 Å². The number of amides is 2. The Bertz CT molecular complexity index is 316. The van der Waals surface area contributed by atoms with Crippen molar-refractivity contribution in [2.45, 2.75) is 0 Å². The summed E-state index contributed by atoms with van der Waals surface area (Å²) >= 11 is 0. The summed E-state index contributed by atoms with van der Waals surface area (Å²) in [7, 11) is 0. The Balaban J connectivity index is 2.66. The number of nitrogens with one attached hydrogen (secondary N) is 1. The largest absolute Gasteiger partial charge is 0.458 e. The van der Waals surface area contributed by atoms with Gasteiger partial charge in [-0.15, -0.1) is 0 Å². The Morgan fingerprint density at radius 2 is 2.31 bits per heavy atom. The van der Waals surface area contributed by atoms with Crippen molar-refractivity contribution >= 4 is 17.8 Å². The van der Waals surface area contributed by atoms with Gasteiger partial charge in [0.05, 0.1) is 0 Å². The maximum absolute atomic E-state index is 11.0. The fourth-order valence-electron chi connectivity index (χ4n) is 0.776. The Labute approximate surface area is 74.1 Å². The lowest BCUT2D eigenvalue weighted by Crippen LogP contribution is -2.25. The van der Waals surface area contributed by atoms with E-state index in [2.05, 4.69) is 11.3 Å². The number of carbonyl (C=O) groups excluding carboxylic acids is 3. The highest BCUT2D eigenvalue weighted by atomic mass is 16.5. The molecule has 0 spiro atoms. The third-order valence-electron chi connectivity index (χ3n) is 1.31. The summed E-state index contributed by atoms with van der Waals surface area (Å²) in [5.41, 5.74) is -0.271. The summed E-state index contributed by atoms with van der Waals surface area (Å²) in [5, 5.41) is 1.93. The standard InChI is InChI=1S/C8H7NO4/c1-2-3-13-8(12)5-4-6(10)9-7(5)11/h2,4H,1,3H2,(H,9,10,11). The van der Waals surface area contributed by atoms with Crippen LogP contribution in [0.25, 0.3) is 0 Å². The molecule has 1 heterocycles. The van der Waals surface area contributed by atoms with Gasteiger partial charge in [-0.05, 0) is 0 Å². The number of rotatable bonds is 3. The van der Waals surface area contributed by atoms with Gasteiger partial charge >= 0.3 is 5.97 Å². The second-order valence-corrected chi connectivity index (χ2v) is 2.26. The Morgan fingerprint density at radius 3 is 2.77 bits per heavy atom. The highest BCUT2D eigenvalue weighted by Crippen LogP contribution is 2.04. The maximum atomic E-state index is 11.0.